The van der Waals surface area contributed by atoms with Crippen molar-refractivity contribution in [3.8, 4) is 0 Å². The van der Waals surface area contributed by atoms with E-state index in [4.69, 9.17) is 0 Å². The lowest BCUT2D eigenvalue weighted by Crippen LogP contribution is -2.43. The molecule has 1 aliphatic heterocycles. The normalized spacial score (nSPS) is 15.6. The van der Waals surface area contributed by atoms with Crippen molar-refractivity contribution >= 4 is 11.8 Å². The van der Waals surface area contributed by atoms with Crippen LogP contribution in [0.2, 0.25) is 0 Å². The van der Waals surface area contributed by atoms with Crippen LogP contribution in [0, 0.1) is 11.7 Å². The average Bonchev–Trinajstić information content (AvgIpc) is 2.56. The molecule has 0 atom stereocenters. The number of carbonyl (C=O) groups excluding carboxylic acids is 2. The number of carbonyl (C=O) groups is 2. The van der Waals surface area contributed by atoms with E-state index in [9.17, 15) is 14.0 Å². The fraction of sp³-hybridized carbons (Fsp3) is 0.529. The highest BCUT2D eigenvalue weighted by atomic mass is 19.1. The van der Waals surface area contributed by atoms with Crippen molar-refractivity contribution in [1.82, 2.24) is 10.2 Å². The Labute approximate surface area is 130 Å². The van der Waals surface area contributed by atoms with Crippen LogP contribution >= 0.6 is 0 Å². The lowest BCUT2D eigenvalue weighted by atomic mass is 9.95. The molecule has 0 radical (unpaired) electrons. The molecule has 1 saturated heterocycles. The predicted octanol–water partition coefficient (Wildman–Crippen LogP) is 2.13. The summed E-state index contributed by atoms with van der Waals surface area (Å²) in [5.41, 5.74) is 0.617. The van der Waals surface area contributed by atoms with Crippen LogP contribution in [0.25, 0.3) is 0 Å². The minimum absolute atomic E-state index is 0.0138. The Morgan fingerprint density at radius 2 is 1.95 bits per heavy atom. The molecule has 22 heavy (non-hydrogen) atoms. The average molecular weight is 306 g/mol. The van der Waals surface area contributed by atoms with Gasteiger partial charge in [0, 0.05) is 32.0 Å². The maximum atomic E-state index is 13.5. The molecule has 2 amide bonds. The van der Waals surface area contributed by atoms with Crippen LogP contribution in [0.3, 0.4) is 0 Å². The smallest absolute Gasteiger partial charge is 0.223 e. The Hall–Kier alpha value is -1.91. The van der Waals surface area contributed by atoms with E-state index in [-0.39, 0.29) is 23.5 Å². The monoisotopic (exact) mass is 306 g/mol. The Morgan fingerprint density at radius 3 is 2.59 bits per heavy atom. The van der Waals surface area contributed by atoms with Crippen LogP contribution in [0.1, 0.15) is 31.7 Å². The second kappa shape index (κ2) is 7.92. The van der Waals surface area contributed by atoms with Gasteiger partial charge in [-0.2, -0.15) is 0 Å². The number of piperidine rings is 1. The molecule has 0 aliphatic carbocycles. The zero-order valence-corrected chi connectivity index (χ0v) is 13.0. The van der Waals surface area contributed by atoms with Gasteiger partial charge in [0.25, 0.3) is 0 Å². The number of nitrogens with one attached hydrogen (secondary N) is 1. The lowest BCUT2D eigenvalue weighted by molar-refractivity contribution is -0.135. The molecule has 1 fully saturated rings. The van der Waals surface area contributed by atoms with E-state index in [1.165, 1.54) is 6.07 Å². The largest absolute Gasteiger partial charge is 0.356 e. The molecule has 1 N–H and O–H groups in total. The first-order chi connectivity index (χ1) is 10.6. The SMILES string of the molecule is CCC(=O)N1CCC(C(=O)NCCc2ccccc2F)CC1. The van der Waals surface area contributed by atoms with Gasteiger partial charge in [0.1, 0.15) is 5.82 Å². The molecule has 5 heteroatoms. The van der Waals surface area contributed by atoms with Crippen molar-refractivity contribution in [2.75, 3.05) is 19.6 Å². The number of hydrogen-bond donors (Lipinski definition) is 1. The number of hydrogen-bond acceptors (Lipinski definition) is 2. The number of likely N-dealkylation sites (tertiary alicyclic amines) is 1. The second-order valence-corrected chi connectivity index (χ2v) is 5.64. The van der Waals surface area contributed by atoms with Crippen LogP contribution in [0.5, 0.6) is 0 Å². The van der Waals surface area contributed by atoms with Gasteiger partial charge in [-0.15, -0.1) is 0 Å². The molecule has 1 aromatic carbocycles. The Kier molecular flexibility index (Phi) is 5.92. The van der Waals surface area contributed by atoms with Gasteiger partial charge in [0.05, 0.1) is 0 Å². The molecule has 1 aromatic rings. The highest BCUT2D eigenvalue weighted by molar-refractivity contribution is 5.80. The molecule has 0 aromatic heterocycles. The molecular formula is C17H23FN2O2. The molecular weight excluding hydrogens is 283 g/mol. The number of halogens is 1. The molecule has 0 bridgehead atoms. The minimum Gasteiger partial charge on any atom is -0.356 e. The van der Waals surface area contributed by atoms with Gasteiger partial charge in [-0.3, -0.25) is 9.59 Å². The Morgan fingerprint density at radius 1 is 1.27 bits per heavy atom. The summed E-state index contributed by atoms with van der Waals surface area (Å²) < 4.78 is 13.5. The van der Waals surface area contributed by atoms with Crippen LogP contribution in [0.4, 0.5) is 4.39 Å². The van der Waals surface area contributed by atoms with Gasteiger partial charge in [-0.1, -0.05) is 25.1 Å². The van der Waals surface area contributed by atoms with Crippen molar-refractivity contribution < 1.29 is 14.0 Å². The van der Waals surface area contributed by atoms with E-state index >= 15 is 0 Å². The van der Waals surface area contributed by atoms with Crippen molar-refractivity contribution in [2.24, 2.45) is 5.92 Å². The highest BCUT2D eigenvalue weighted by Crippen LogP contribution is 2.18. The molecule has 120 valence electrons. The van der Waals surface area contributed by atoms with E-state index in [1.54, 1.807) is 18.2 Å². The summed E-state index contributed by atoms with van der Waals surface area (Å²) in [4.78, 5) is 25.5. The number of rotatable bonds is 5. The predicted molar refractivity (Wildman–Crippen MR) is 82.7 cm³/mol. The van der Waals surface area contributed by atoms with E-state index in [0.29, 0.717) is 50.9 Å². The highest BCUT2D eigenvalue weighted by Gasteiger charge is 2.26. The Bertz CT molecular complexity index is 525. The summed E-state index contributed by atoms with van der Waals surface area (Å²) in [6, 6.07) is 6.61. The van der Waals surface area contributed by atoms with Gasteiger partial charge in [0.15, 0.2) is 0 Å². The number of benzene rings is 1. The zero-order valence-electron chi connectivity index (χ0n) is 13.0. The minimum atomic E-state index is -0.233. The van der Waals surface area contributed by atoms with E-state index in [0.717, 1.165) is 0 Å². The van der Waals surface area contributed by atoms with Gasteiger partial charge in [0.2, 0.25) is 11.8 Å². The van der Waals surface area contributed by atoms with Crippen molar-refractivity contribution in [3.63, 3.8) is 0 Å². The van der Waals surface area contributed by atoms with Crippen LogP contribution < -0.4 is 5.32 Å². The summed E-state index contributed by atoms with van der Waals surface area (Å²) in [5.74, 6) is -0.108. The topological polar surface area (TPSA) is 49.4 Å². The first kappa shape index (κ1) is 16.5. The third kappa shape index (κ3) is 4.29. The van der Waals surface area contributed by atoms with Gasteiger partial charge >= 0.3 is 0 Å². The quantitative estimate of drug-likeness (QED) is 0.906. The number of amides is 2. The molecule has 4 nitrogen and oxygen atoms in total. The maximum absolute atomic E-state index is 13.5. The molecule has 0 saturated carbocycles. The van der Waals surface area contributed by atoms with Crippen molar-refractivity contribution in [1.29, 1.82) is 0 Å². The van der Waals surface area contributed by atoms with Gasteiger partial charge in [-0.05, 0) is 30.9 Å². The van der Waals surface area contributed by atoms with E-state index in [2.05, 4.69) is 5.32 Å². The van der Waals surface area contributed by atoms with E-state index in [1.807, 2.05) is 11.8 Å². The standard InChI is InChI=1S/C17H23FN2O2/c1-2-16(21)20-11-8-14(9-12-20)17(22)19-10-7-13-5-3-4-6-15(13)18/h3-6,14H,2,7-12H2,1H3,(H,19,22). The fourth-order valence-electron chi connectivity index (χ4n) is 2.78. The fourth-order valence-corrected chi connectivity index (χ4v) is 2.78. The first-order valence-electron chi connectivity index (χ1n) is 7.90. The number of nitrogens with zero attached hydrogens (tertiary/aromatic N) is 1. The third-order valence-corrected chi connectivity index (χ3v) is 4.17. The summed E-state index contributed by atoms with van der Waals surface area (Å²) in [6.45, 7) is 3.59. The summed E-state index contributed by atoms with van der Waals surface area (Å²) in [5, 5.41) is 2.88. The third-order valence-electron chi connectivity index (χ3n) is 4.17. The van der Waals surface area contributed by atoms with Crippen LogP contribution in [0.15, 0.2) is 24.3 Å². The molecule has 0 unspecified atom stereocenters. The second-order valence-electron chi connectivity index (χ2n) is 5.64. The summed E-state index contributed by atoms with van der Waals surface area (Å²) in [7, 11) is 0. The lowest BCUT2D eigenvalue weighted by Gasteiger charge is -2.31. The first-order valence-corrected chi connectivity index (χ1v) is 7.90. The van der Waals surface area contributed by atoms with E-state index < -0.39 is 0 Å². The van der Waals surface area contributed by atoms with Gasteiger partial charge in [-0.25, -0.2) is 4.39 Å². The van der Waals surface area contributed by atoms with Crippen LogP contribution in [-0.2, 0) is 16.0 Å². The molecule has 1 heterocycles. The maximum Gasteiger partial charge on any atom is 0.223 e. The zero-order chi connectivity index (χ0) is 15.9. The summed E-state index contributed by atoms with van der Waals surface area (Å²) >= 11 is 0. The molecule has 1 aliphatic rings. The molecule has 0 spiro atoms. The van der Waals surface area contributed by atoms with Gasteiger partial charge < -0.3 is 10.2 Å². The Balaban J connectivity index is 1.72. The van der Waals surface area contributed by atoms with Crippen molar-refractivity contribution in [3.05, 3.63) is 35.6 Å². The summed E-state index contributed by atoms with van der Waals surface area (Å²) in [6.07, 6.45) is 2.42. The van der Waals surface area contributed by atoms with Crippen LogP contribution in [-0.4, -0.2) is 36.3 Å². The van der Waals surface area contributed by atoms with Crippen molar-refractivity contribution in [2.45, 2.75) is 32.6 Å². The molecule has 2 rings (SSSR count).